The molecule has 1 fully saturated rings. The molecule has 0 saturated carbocycles. The highest BCUT2D eigenvalue weighted by Gasteiger charge is 2.27. The number of ether oxygens (including phenoxy) is 3. The van der Waals surface area contributed by atoms with Crippen LogP contribution in [0.25, 0.3) is 0 Å². The Balaban J connectivity index is 0.00000264. The summed E-state index contributed by atoms with van der Waals surface area (Å²) in [6.45, 7) is 3.24. The lowest BCUT2D eigenvalue weighted by Crippen LogP contribution is -2.45. The Morgan fingerprint density at radius 2 is 1.74 bits per heavy atom. The lowest BCUT2D eigenvalue weighted by molar-refractivity contribution is 0.154. The van der Waals surface area contributed by atoms with E-state index in [0.717, 1.165) is 31.7 Å². The molecule has 0 unspecified atom stereocenters. The Hall–Kier alpha value is -1.24. The van der Waals surface area contributed by atoms with E-state index in [1.54, 1.807) is 21.3 Å². The molecule has 1 heterocycles. The fourth-order valence-electron chi connectivity index (χ4n) is 3.02. The minimum Gasteiger partial charge on any atom is -0.493 e. The molecule has 0 radical (unpaired) electrons. The number of nitrogens with zero attached hydrogens (tertiary/aromatic N) is 1. The average Bonchev–Trinajstić information content (AvgIpc) is 2.59. The molecule has 1 atom stereocenters. The van der Waals surface area contributed by atoms with Gasteiger partial charge in [-0.1, -0.05) is 0 Å². The largest absolute Gasteiger partial charge is 0.493 e. The van der Waals surface area contributed by atoms with Crippen molar-refractivity contribution in [3.05, 3.63) is 17.7 Å². The molecule has 7 heteroatoms. The Labute approximate surface area is 143 Å². The minimum atomic E-state index is -0.369. The Kier molecular flexibility index (Phi) is 8.44. The van der Waals surface area contributed by atoms with E-state index in [1.807, 2.05) is 12.1 Å². The highest BCUT2D eigenvalue weighted by atomic mass is 35.5. The second-order valence-corrected chi connectivity index (χ2v) is 5.20. The predicted octanol–water partition coefficient (Wildman–Crippen LogP) is 2.44. The summed E-state index contributed by atoms with van der Waals surface area (Å²) in [6, 6.07) is 3.77. The zero-order valence-electron chi connectivity index (χ0n) is 13.9. The standard InChI is InChI=1S/C16H25FN2O3.ClH/c1-20-14-5-4-12(15(21-2)16(14)22-3)13(6-7-17)19-10-8-18-9-11-19;/h4-5,13,18H,6-11H2,1-3H3;1H/t13-;/m1./s1. The van der Waals surface area contributed by atoms with Crippen molar-refractivity contribution in [3.63, 3.8) is 0 Å². The number of rotatable bonds is 7. The van der Waals surface area contributed by atoms with Gasteiger partial charge in [0.15, 0.2) is 11.5 Å². The van der Waals surface area contributed by atoms with Crippen LogP contribution in [0.4, 0.5) is 4.39 Å². The second kappa shape index (κ2) is 9.80. The molecule has 0 bridgehead atoms. The molecule has 0 spiro atoms. The first-order chi connectivity index (χ1) is 10.8. The van der Waals surface area contributed by atoms with Gasteiger partial charge in [0.25, 0.3) is 0 Å². The second-order valence-electron chi connectivity index (χ2n) is 5.20. The van der Waals surface area contributed by atoms with Crippen LogP contribution in [0, 0.1) is 0 Å². The normalized spacial score (nSPS) is 16.3. The molecule has 1 aliphatic rings. The molecular formula is C16H26ClFN2O3. The van der Waals surface area contributed by atoms with Gasteiger partial charge in [0, 0.05) is 37.8 Å². The molecule has 2 rings (SSSR count). The molecular weight excluding hydrogens is 323 g/mol. The van der Waals surface area contributed by atoms with Gasteiger partial charge in [-0.25, -0.2) is 0 Å². The van der Waals surface area contributed by atoms with E-state index < -0.39 is 0 Å². The Morgan fingerprint density at radius 3 is 2.26 bits per heavy atom. The van der Waals surface area contributed by atoms with Crippen molar-refractivity contribution in [1.29, 1.82) is 0 Å². The number of halogens is 2. The highest BCUT2D eigenvalue weighted by Crippen LogP contribution is 2.44. The molecule has 5 nitrogen and oxygen atoms in total. The lowest BCUT2D eigenvalue weighted by atomic mass is 9.99. The smallest absolute Gasteiger partial charge is 0.203 e. The summed E-state index contributed by atoms with van der Waals surface area (Å²) in [5.74, 6) is 1.79. The average molecular weight is 349 g/mol. The van der Waals surface area contributed by atoms with Gasteiger partial charge in [0.05, 0.1) is 28.0 Å². The Morgan fingerprint density at radius 1 is 1.09 bits per heavy atom. The Bertz CT molecular complexity index is 485. The molecule has 0 amide bonds. The summed E-state index contributed by atoms with van der Waals surface area (Å²) < 4.78 is 29.4. The van der Waals surface area contributed by atoms with Crippen molar-refractivity contribution in [1.82, 2.24) is 10.2 Å². The maximum Gasteiger partial charge on any atom is 0.203 e. The summed E-state index contributed by atoms with van der Waals surface area (Å²) in [6.07, 6.45) is 0.436. The van der Waals surface area contributed by atoms with Crippen LogP contribution in [0.3, 0.4) is 0 Å². The summed E-state index contributed by atoms with van der Waals surface area (Å²) in [7, 11) is 4.77. The van der Waals surface area contributed by atoms with Gasteiger partial charge in [-0.3, -0.25) is 9.29 Å². The molecule has 1 aromatic carbocycles. The van der Waals surface area contributed by atoms with Gasteiger partial charge in [-0.15, -0.1) is 12.4 Å². The predicted molar refractivity (Wildman–Crippen MR) is 91.1 cm³/mol. The lowest BCUT2D eigenvalue weighted by Gasteiger charge is -2.35. The maximum atomic E-state index is 13.1. The minimum absolute atomic E-state index is 0. The fraction of sp³-hybridized carbons (Fsp3) is 0.625. The number of nitrogens with one attached hydrogen (secondary N) is 1. The molecule has 1 saturated heterocycles. The topological polar surface area (TPSA) is 43.0 Å². The van der Waals surface area contributed by atoms with Crippen molar-refractivity contribution >= 4 is 12.4 Å². The van der Waals surface area contributed by atoms with E-state index in [0.29, 0.717) is 23.7 Å². The van der Waals surface area contributed by atoms with E-state index >= 15 is 0 Å². The SMILES string of the molecule is COc1ccc([C@@H](CCF)N2CCNCC2)c(OC)c1OC.Cl. The summed E-state index contributed by atoms with van der Waals surface area (Å²) in [5, 5.41) is 3.32. The van der Waals surface area contributed by atoms with E-state index in [4.69, 9.17) is 14.2 Å². The van der Waals surface area contributed by atoms with Gasteiger partial charge in [-0.2, -0.15) is 0 Å². The van der Waals surface area contributed by atoms with Crippen molar-refractivity contribution in [3.8, 4) is 17.2 Å². The molecule has 0 aromatic heterocycles. The van der Waals surface area contributed by atoms with Gasteiger partial charge in [0.1, 0.15) is 0 Å². The first-order valence-corrected chi connectivity index (χ1v) is 7.56. The molecule has 132 valence electrons. The van der Waals surface area contributed by atoms with Crippen LogP contribution in [-0.4, -0.2) is 59.1 Å². The van der Waals surface area contributed by atoms with E-state index in [1.165, 1.54) is 0 Å². The van der Waals surface area contributed by atoms with Crippen LogP contribution in [-0.2, 0) is 0 Å². The molecule has 1 aliphatic heterocycles. The number of hydrogen-bond donors (Lipinski definition) is 1. The quantitative estimate of drug-likeness (QED) is 0.820. The number of benzene rings is 1. The first-order valence-electron chi connectivity index (χ1n) is 7.56. The summed E-state index contributed by atoms with van der Waals surface area (Å²) in [5.41, 5.74) is 0.944. The molecule has 1 N–H and O–H groups in total. The first kappa shape index (κ1) is 19.8. The van der Waals surface area contributed by atoms with Gasteiger partial charge in [0.2, 0.25) is 5.75 Å². The van der Waals surface area contributed by atoms with Crippen molar-refractivity contribution in [2.45, 2.75) is 12.5 Å². The highest BCUT2D eigenvalue weighted by molar-refractivity contribution is 5.85. The van der Waals surface area contributed by atoms with Gasteiger partial charge < -0.3 is 19.5 Å². The number of alkyl halides is 1. The van der Waals surface area contributed by atoms with Gasteiger partial charge >= 0.3 is 0 Å². The third-order valence-corrected chi connectivity index (χ3v) is 4.07. The van der Waals surface area contributed by atoms with Crippen molar-refractivity contribution < 1.29 is 18.6 Å². The third kappa shape index (κ3) is 4.40. The molecule has 0 aliphatic carbocycles. The summed E-state index contributed by atoms with van der Waals surface area (Å²) in [4.78, 5) is 2.29. The van der Waals surface area contributed by atoms with Crippen molar-refractivity contribution in [2.75, 3.05) is 54.2 Å². The number of piperazine rings is 1. The zero-order chi connectivity index (χ0) is 15.9. The van der Waals surface area contributed by atoms with Crippen LogP contribution >= 0.6 is 12.4 Å². The van der Waals surface area contributed by atoms with E-state index in [-0.39, 0.29) is 25.1 Å². The molecule has 1 aromatic rings. The monoisotopic (exact) mass is 348 g/mol. The number of methoxy groups -OCH3 is 3. The van der Waals surface area contributed by atoms with Gasteiger partial charge in [-0.05, 0) is 18.6 Å². The van der Waals surface area contributed by atoms with Crippen LogP contribution in [0.2, 0.25) is 0 Å². The van der Waals surface area contributed by atoms with Crippen LogP contribution in [0.15, 0.2) is 12.1 Å². The van der Waals surface area contributed by atoms with Crippen LogP contribution < -0.4 is 19.5 Å². The number of hydrogen-bond acceptors (Lipinski definition) is 5. The fourth-order valence-corrected chi connectivity index (χ4v) is 3.02. The van der Waals surface area contributed by atoms with Crippen LogP contribution in [0.1, 0.15) is 18.0 Å². The zero-order valence-corrected chi connectivity index (χ0v) is 14.7. The van der Waals surface area contributed by atoms with E-state index in [2.05, 4.69) is 10.2 Å². The third-order valence-electron chi connectivity index (χ3n) is 4.07. The summed E-state index contributed by atoms with van der Waals surface area (Å²) >= 11 is 0. The van der Waals surface area contributed by atoms with Crippen LogP contribution in [0.5, 0.6) is 17.2 Å². The molecule has 23 heavy (non-hydrogen) atoms. The van der Waals surface area contributed by atoms with Crippen molar-refractivity contribution in [2.24, 2.45) is 0 Å². The van der Waals surface area contributed by atoms with E-state index in [9.17, 15) is 4.39 Å². The maximum absolute atomic E-state index is 13.1.